The van der Waals surface area contributed by atoms with Gasteiger partial charge in [-0.2, -0.15) is 5.10 Å². The summed E-state index contributed by atoms with van der Waals surface area (Å²) in [7, 11) is 5.26. The molecule has 0 aromatic carbocycles. The van der Waals surface area contributed by atoms with E-state index in [4.69, 9.17) is 5.73 Å². The van der Waals surface area contributed by atoms with E-state index in [1.165, 1.54) is 4.90 Å². The molecule has 0 unspecified atom stereocenters. The number of amides is 2. The summed E-state index contributed by atoms with van der Waals surface area (Å²) in [5.41, 5.74) is 7.62. The lowest BCUT2D eigenvalue weighted by Crippen LogP contribution is -2.37. The quantitative estimate of drug-likeness (QED) is 0.689. The molecule has 0 aliphatic carbocycles. The number of urea groups is 1. The standard InChI is InChI=1S/C12H24N6O/c1-8(2)10-9(13)11(18(5)16-10)14-6-7-15-12(19)17(3)4/h8,14H,6-7,13H2,1-5H3,(H,15,19). The highest BCUT2D eigenvalue weighted by molar-refractivity contribution is 5.73. The first kappa shape index (κ1) is 15.1. The van der Waals surface area contributed by atoms with E-state index in [9.17, 15) is 4.79 Å². The number of nitrogens with two attached hydrogens (primary N) is 1. The summed E-state index contributed by atoms with van der Waals surface area (Å²) in [5.74, 6) is 1.08. The molecule has 0 bridgehead atoms. The summed E-state index contributed by atoms with van der Waals surface area (Å²) < 4.78 is 1.73. The molecule has 2 amide bonds. The lowest BCUT2D eigenvalue weighted by Gasteiger charge is -2.13. The van der Waals surface area contributed by atoms with Crippen LogP contribution in [0.4, 0.5) is 16.3 Å². The molecule has 108 valence electrons. The Hall–Kier alpha value is -1.92. The molecule has 0 atom stereocenters. The molecule has 0 aliphatic heterocycles. The lowest BCUT2D eigenvalue weighted by atomic mass is 10.1. The smallest absolute Gasteiger partial charge is 0.316 e. The van der Waals surface area contributed by atoms with Gasteiger partial charge in [0.05, 0.1) is 11.4 Å². The zero-order valence-electron chi connectivity index (χ0n) is 12.3. The van der Waals surface area contributed by atoms with Crippen molar-refractivity contribution in [3.8, 4) is 0 Å². The second kappa shape index (κ2) is 6.31. The summed E-state index contributed by atoms with van der Waals surface area (Å²) in [4.78, 5) is 12.8. The summed E-state index contributed by atoms with van der Waals surface area (Å²) >= 11 is 0. The Morgan fingerprint density at radius 1 is 1.42 bits per heavy atom. The van der Waals surface area contributed by atoms with Gasteiger partial charge in [0.2, 0.25) is 0 Å². The Bertz CT molecular complexity index is 438. The average Bonchev–Trinajstić information content (AvgIpc) is 2.61. The average molecular weight is 268 g/mol. The first-order valence-electron chi connectivity index (χ1n) is 6.36. The summed E-state index contributed by atoms with van der Waals surface area (Å²) in [6.45, 7) is 5.24. The van der Waals surface area contributed by atoms with Gasteiger partial charge >= 0.3 is 6.03 Å². The van der Waals surface area contributed by atoms with E-state index in [2.05, 4.69) is 29.6 Å². The largest absolute Gasteiger partial charge is 0.394 e. The highest BCUT2D eigenvalue weighted by Gasteiger charge is 2.15. The molecule has 7 nitrogen and oxygen atoms in total. The van der Waals surface area contributed by atoms with Crippen molar-refractivity contribution in [1.29, 1.82) is 0 Å². The predicted molar refractivity (Wildman–Crippen MR) is 77.3 cm³/mol. The van der Waals surface area contributed by atoms with E-state index in [0.717, 1.165) is 11.5 Å². The van der Waals surface area contributed by atoms with Crippen LogP contribution in [0.5, 0.6) is 0 Å². The van der Waals surface area contributed by atoms with Gasteiger partial charge in [0.1, 0.15) is 5.82 Å². The molecule has 0 fully saturated rings. The van der Waals surface area contributed by atoms with Crippen LogP contribution >= 0.6 is 0 Å². The van der Waals surface area contributed by atoms with Crippen molar-refractivity contribution in [2.75, 3.05) is 38.2 Å². The molecule has 0 saturated heterocycles. The zero-order chi connectivity index (χ0) is 14.6. The maximum Gasteiger partial charge on any atom is 0.316 e. The van der Waals surface area contributed by atoms with Gasteiger partial charge in [0.15, 0.2) is 0 Å². The van der Waals surface area contributed by atoms with E-state index < -0.39 is 0 Å². The highest BCUT2D eigenvalue weighted by Crippen LogP contribution is 2.27. The number of carbonyl (C=O) groups is 1. The molecular formula is C12H24N6O. The van der Waals surface area contributed by atoms with Gasteiger partial charge in [0, 0.05) is 34.2 Å². The Labute approximate surface area is 114 Å². The highest BCUT2D eigenvalue weighted by atomic mass is 16.2. The van der Waals surface area contributed by atoms with Crippen molar-refractivity contribution in [3.05, 3.63) is 5.69 Å². The fourth-order valence-electron chi connectivity index (χ4n) is 1.71. The van der Waals surface area contributed by atoms with Gasteiger partial charge in [-0.05, 0) is 5.92 Å². The number of nitrogen functional groups attached to an aromatic ring is 1. The number of aromatic nitrogens is 2. The SMILES string of the molecule is CC(C)c1nn(C)c(NCCNC(=O)N(C)C)c1N. The Morgan fingerprint density at radius 3 is 2.53 bits per heavy atom. The van der Waals surface area contributed by atoms with Crippen LogP contribution in [0, 0.1) is 0 Å². The molecule has 1 aromatic heterocycles. The van der Waals surface area contributed by atoms with Crippen LogP contribution in [0.25, 0.3) is 0 Å². The van der Waals surface area contributed by atoms with Crippen molar-refractivity contribution in [1.82, 2.24) is 20.0 Å². The van der Waals surface area contributed by atoms with Crippen LogP contribution in [-0.2, 0) is 7.05 Å². The molecule has 1 rings (SSSR count). The number of hydrogen-bond acceptors (Lipinski definition) is 4. The van der Waals surface area contributed by atoms with Gasteiger partial charge in [-0.15, -0.1) is 0 Å². The maximum absolute atomic E-state index is 11.3. The Morgan fingerprint density at radius 2 is 2.05 bits per heavy atom. The molecule has 0 saturated carbocycles. The van der Waals surface area contributed by atoms with Crippen LogP contribution in [0.1, 0.15) is 25.5 Å². The van der Waals surface area contributed by atoms with Crippen molar-refractivity contribution >= 4 is 17.5 Å². The van der Waals surface area contributed by atoms with Crippen molar-refractivity contribution in [3.63, 3.8) is 0 Å². The fourth-order valence-corrected chi connectivity index (χ4v) is 1.71. The number of hydrogen-bond donors (Lipinski definition) is 3. The van der Waals surface area contributed by atoms with Crippen LogP contribution in [0.2, 0.25) is 0 Å². The second-order valence-electron chi connectivity index (χ2n) is 4.98. The molecule has 1 heterocycles. The fraction of sp³-hybridized carbons (Fsp3) is 0.667. The van der Waals surface area contributed by atoms with Crippen molar-refractivity contribution in [2.45, 2.75) is 19.8 Å². The third kappa shape index (κ3) is 3.77. The van der Waals surface area contributed by atoms with Gasteiger partial charge < -0.3 is 21.3 Å². The minimum atomic E-state index is -0.109. The van der Waals surface area contributed by atoms with Crippen molar-refractivity contribution < 1.29 is 4.79 Å². The van der Waals surface area contributed by atoms with Gasteiger partial charge in [-0.3, -0.25) is 4.68 Å². The van der Waals surface area contributed by atoms with E-state index in [1.807, 2.05) is 7.05 Å². The second-order valence-corrected chi connectivity index (χ2v) is 4.98. The first-order valence-corrected chi connectivity index (χ1v) is 6.36. The van der Waals surface area contributed by atoms with Crippen molar-refractivity contribution in [2.24, 2.45) is 7.05 Å². The number of rotatable bonds is 5. The molecule has 7 heteroatoms. The maximum atomic E-state index is 11.3. The van der Waals surface area contributed by atoms with Crippen LogP contribution in [-0.4, -0.2) is 47.9 Å². The minimum Gasteiger partial charge on any atom is -0.394 e. The monoisotopic (exact) mass is 268 g/mol. The number of nitrogens with one attached hydrogen (secondary N) is 2. The molecule has 4 N–H and O–H groups in total. The van der Waals surface area contributed by atoms with Gasteiger partial charge in [0.25, 0.3) is 0 Å². The molecular weight excluding hydrogens is 244 g/mol. The van der Waals surface area contributed by atoms with E-state index in [-0.39, 0.29) is 11.9 Å². The lowest BCUT2D eigenvalue weighted by molar-refractivity contribution is 0.218. The van der Waals surface area contributed by atoms with Crippen LogP contribution in [0.15, 0.2) is 0 Å². The predicted octanol–water partition coefficient (Wildman–Crippen LogP) is 0.809. The third-order valence-corrected chi connectivity index (χ3v) is 2.76. The van der Waals surface area contributed by atoms with E-state index in [1.54, 1.807) is 18.8 Å². The first-order chi connectivity index (χ1) is 8.84. The topological polar surface area (TPSA) is 88.2 Å². The molecule has 19 heavy (non-hydrogen) atoms. The third-order valence-electron chi connectivity index (χ3n) is 2.76. The van der Waals surface area contributed by atoms with E-state index in [0.29, 0.717) is 18.8 Å². The summed E-state index contributed by atoms with van der Waals surface area (Å²) in [6.07, 6.45) is 0. The normalized spacial score (nSPS) is 10.6. The summed E-state index contributed by atoms with van der Waals surface area (Å²) in [5, 5.41) is 10.4. The van der Waals surface area contributed by atoms with Crippen LogP contribution < -0.4 is 16.4 Å². The number of nitrogens with zero attached hydrogens (tertiary/aromatic N) is 3. The zero-order valence-corrected chi connectivity index (χ0v) is 12.3. The Balaban J connectivity index is 2.52. The van der Waals surface area contributed by atoms with E-state index >= 15 is 0 Å². The molecule has 0 spiro atoms. The van der Waals surface area contributed by atoms with Gasteiger partial charge in [-0.25, -0.2) is 4.79 Å². The molecule has 0 aliphatic rings. The number of aryl methyl sites for hydroxylation is 1. The minimum absolute atomic E-state index is 0.109. The van der Waals surface area contributed by atoms with Crippen LogP contribution in [0.3, 0.4) is 0 Å². The summed E-state index contributed by atoms with van der Waals surface area (Å²) in [6, 6.07) is -0.109. The van der Waals surface area contributed by atoms with Gasteiger partial charge in [-0.1, -0.05) is 13.8 Å². The molecule has 0 radical (unpaired) electrons. The number of anilines is 2. The number of carbonyl (C=O) groups excluding carboxylic acids is 1. The Kier molecular flexibility index (Phi) is 5.02. The molecule has 1 aromatic rings.